The highest BCUT2D eigenvalue weighted by Gasteiger charge is 2.18. The second-order valence-corrected chi connectivity index (χ2v) is 6.61. The number of hydrogen-bond donors (Lipinski definition) is 1. The van der Waals surface area contributed by atoms with Crippen LogP contribution in [0.5, 0.6) is 0 Å². The fourth-order valence-corrected chi connectivity index (χ4v) is 3.33. The van der Waals surface area contributed by atoms with Crippen LogP contribution in [-0.2, 0) is 6.54 Å². The van der Waals surface area contributed by atoms with Crippen LogP contribution in [0.15, 0.2) is 10.7 Å². The molecule has 0 spiro atoms. The molecule has 0 amide bonds. The summed E-state index contributed by atoms with van der Waals surface area (Å²) in [6, 6.07) is 0.424. The molecular formula is C17H32BrN3. The highest BCUT2D eigenvalue weighted by molar-refractivity contribution is 9.10. The van der Waals surface area contributed by atoms with Gasteiger partial charge in [0.2, 0.25) is 0 Å². The van der Waals surface area contributed by atoms with Gasteiger partial charge < -0.3 is 5.32 Å². The summed E-state index contributed by atoms with van der Waals surface area (Å²) >= 11 is 3.67. The van der Waals surface area contributed by atoms with Gasteiger partial charge in [0, 0.05) is 6.54 Å². The van der Waals surface area contributed by atoms with E-state index in [2.05, 4.69) is 51.8 Å². The second kappa shape index (κ2) is 11.2. The summed E-state index contributed by atoms with van der Waals surface area (Å²) < 4.78 is 3.26. The number of unbranched alkanes of at least 4 members (excludes halogenated alkanes) is 5. The highest BCUT2D eigenvalue weighted by atomic mass is 79.9. The molecule has 0 aliphatic rings. The second-order valence-electron chi connectivity index (χ2n) is 5.76. The van der Waals surface area contributed by atoms with Crippen molar-refractivity contribution in [3.63, 3.8) is 0 Å². The van der Waals surface area contributed by atoms with Crippen molar-refractivity contribution in [2.24, 2.45) is 0 Å². The van der Waals surface area contributed by atoms with Gasteiger partial charge in [0.25, 0.3) is 0 Å². The zero-order valence-electron chi connectivity index (χ0n) is 14.0. The molecule has 0 aliphatic heterocycles. The Kier molecular flexibility index (Phi) is 10.0. The SMILES string of the molecule is CCCCCCCCC(NCCC)c1c(Br)cnn1CC. The van der Waals surface area contributed by atoms with E-state index in [0.717, 1.165) is 17.6 Å². The van der Waals surface area contributed by atoms with E-state index in [1.165, 1.54) is 57.1 Å². The lowest BCUT2D eigenvalue weighted by atomic mass is 10.0. The molecule has 0 saturated heterocycles. The van der Waals surface area contributed by atoms with Crippen molar-refractivity contribution in [2.45, 2.75) is 84.7 Å². The van der Waals surface area contributed by atoms with E-state index >= 15 is 0 Å². The third kappa shape index (κ3) is 6.52. The highest BCUT2D eigenvalue weighted by Crippen LogP contribution is 2.27. The molecule has 0 bridgehead atoms. The molecule has 0 radical (unpaired) electrons. The van der Waals surface area contributed by atoms with E-state index in [-0.39, 0.29) is 0 Å². The van der Waals surface area contributed by atoms with Crippen LogP contribution in [-0.4, -0.2) is 16.3 Å². The van der Waals surface area contributed by atoms with Gasteiger partial charge in [-0.05, 0) is 42.2 Å². The lowest BCUT2D eigenvalue weighted by Gasteiger charge is -2.20. The quantitative estimate of drug-likeness (QED) is 0.503. The van der Waals surface area contributed by atoms with Gasteiger partial charge in [-0.1, -0.05) is 52.4 Å². The molecule has 21 heavy (non-hydrogen) atoms. The van der Waals surface area contributed by atoms with Crippen LogP contribution in [0, 0.1) is 0 Å². The normalized spacial score (nSPS) is 12.8. The van der Waals surface area contributed by atoms with Crippen LogP contribution in [0.2, 0.25) is 0 Å². The molecule has 0 saturated carbocycles. The zero-order valence-corrected chi connectivity index (χ0v) is 15.6. The molecule has 0 aromatic carbocycles. The summed E-state index contributed by atoms with van der Waals surface area (Å²) in [7, 11) is 0. The van der Waals surface area contributed by atoms with Crippen molar-refractivity contribution < 1.29 is 0 Å². The molecule has 1 unspecified atom stereocenters. The van der Waals surface area contributed by atoms with E-state index in [4.69, 9.17) is 0 Å². The maximum Gasteiger partial charge on any atom is 0.0695 e. The van der Waals surface area contributed by atoms with Gasteiger partial charge in [-0.15, -0.1) is 0 Å². The van der Waals surface area contributed by atoms with Crippen LogP contribution in [0.25, 0.3) is 0 Å². The summed E-state index contributed by atoms with van der Waals surface area (Å²) in [4.78, 5) is 0. The van der Waals surface area contributed by atoms with Crippen LogP contribution in [0.1, 0.15) is 83.9 Å². The van der Waals surface area contributed by atoms with E-state index < -0.39 is 0 Å². The minimum atomic E-state index is 0.424. The molecule has 3 nitrogen and oxygen atoms in total. The fraction of sp³-hybridized carbons (Fsp3) is 0.824. The third-order valence-electron chi connectivity index (χ3n) is 3.95. The van der Waals surface area contributed by atoms with Crippen molar-refractivity contribution in [3.8, 4) is 0 Å². The molecule has 122 valence electrons. The fourth-order valence-electron chi connectivity index (χ4n) is 2.75. The van der Waals surface area contributed by atoms with Gasteiger partial charge in [0.1, 0.15) is 0 Å². The maximum absolute atomic E-state index is 4.46. The van der Waals surface area contributed by atoms with E-state index in [0.29, 0.717) is 6.04 Å². The number of halogens is 1. The van der Waals surface area contributed by atoms with Crippen LogP contribution >= 0.6 is 15.9 Å². The Hall–Kier alpha value is -0.350. The number of hydrogen-bond acceptors (Lipinski definition) is 2. The summed E-state index contributed by atoms with van der Waals surface area (Å²) in [6.45, 7) is 8.66. The van der Waals surface area contributed by atoms with Crippen LogP contribution < -0.4 is 5.32 Å². The Bertz CT molecular complexity index is 376. The Balaban J connectivity index is 2.53. The first-order chi connectivity index (χ1) is 10.2. The molecule has 4 heteroatoms. The molecule has 1 aromatic heterocycles. The first kappa shape index (κ1) is 18.7. The van der Waals surface area contributed by atoms with Gasteiger partial charge in [-0.2, -0.15) is 5.10 Å². The average molecular weight is 358 g/mol. The summed E-state index contributed by atoms with van der Waals surface area (Å²) in [6.07, 6.45) is 12.4. The number of aryl methyl sites for hydroxylation is 1. The summed E-state index contributed by atoms with van der Waals surface area (Å²) in [5, 5.41) is 8.16. The predicted molar refractivity (Wildman–Crippen MR) is 94.6 cm³/mol. The summed E-state index contributed by atoms with van der Waals surface area (Å²) in [5.74, 6) is 0. The lowest BCUT2D eigenvalue weighted by molar-refractivity contribution is 0.433. The molecule has 1 atom stereocenters. The first-order valence-electron chi connectivity index (χ1n) is 8.69. The van der Waals surface area contributed by atoms with Gasteiger partial charge in [0.15, 0.2) is 0 Å². The maximum atomic E-state index is 4.46. The Morgan fingerprint density at radius 3 is 2.48 bits per heavy atom. The Morgan fingerprint density at radius 2 is 1.81 bits per heavy atom. The molecule has 1 heterocycles. The average Bonchev–Trinajstić information content (AvgIpc) is 2.87. The minimum Gasteiger partial charge on any atom is -0.309 e. The van der Waals surface area contributed by atoms with Crippen molar-refractivity contribution in [1.82, 2.24) is 15.1 Å². The van der Waals surface area contributed by atoms with E-state index in [1.54, 1.807) is 0 Å². The Labute approximate surface area is 139 Å². The van der Waals surface area contributed by atoms with Crippen LogP contribution in [0.3, 0.4) is 0 Å². The first-order valence-corrected chi connectivity index (χ1v) is 9.48. The van der Waals surface area contributed by atoms with Crippen molar-refractivity contribution in [3.05, 3.63) is 16.4 Å². The number of rotatable bonds is 12. The molecule has 1 N–H and O–H groups in total. The molecule has 1 aromatic rings. The Morgan fingerprint density at radius 1 is 1.10 bits per heavy atom. The number of nitrogens with zero attached hydrogens (tertiary/aromatic N) is 2. The van der Waals surface area contributed by atoms with E-state index in [9.17, 15) is 0 Å². The third-order valence-corrected chi connectivity index (χ3v) is 4.56. The van der Waals surface area contributed by atoms with Gasteiger partial charge in [-0.3, -0.25) is 4.68 Å². The predicted octanol–water partition coefficient (Wildman–Crippen LogP) is 5.46. The van der Waals surface area contributed by atoms with Gasteiger partial charge >= 0.3 is 0 Å². The standard InChI is InChI=1S/C17H32BrN3/c1-4-7-8-9-10-11-12-16(19-13-5-2)17-15(18)14-20-21(17)6-3/h14,16,19H,4-13H2,1-3H3. The lowest BCUT2D eigenvalue weighted by Crippen LogP contribution is -2.25. The van der Waals surface area contributed by atoms with Gasteiger partial charge in [-0.25, -0.2) is 0 Å². The van der Waals surface area contributed by atoms with Gasteiger partial charge in [0.05, 0.1) is 22.4 Å². The van der Waals surface area contributed by atoms with Crippen molar-refractivity contribution in [1.29, 1.82) is 0 Å². The molecular weight excluding hydrogens is 326 g/mol. The number of nitrogens with one attached hydrogen (secondary N) is 1. The minimum absolute atomic E-state index is 0.424. The topological polar surface area (TPSA) is 29.9 Å². The van der Waals surface area contributed by atoms with E-state index in [1.807, 2.05) is 6.20 Å². The summed E-state index contributed by atoms with van der Waals surface area (Å²) in [5.41, 5.74) is 1.32. The molecule has 0 aliphatic carbocycles. The number of aromatic nitrogens is 2. The van der Waals surface area contributed by atoms with Crippen molar-refractivity contribution >= 4 is 15.9 Å². The van der Waals surface area contributed by atoms with Crippen molar-refractivity contribution in [2.75, 3.05) is 6.54 Å². The zero-order chi connectivity index (χ0) is 15.5. The smallest absolute Gasteiger partial charge is 0.0695 e. The van der Waals surface area contributed by atoms with Crippen LogP contribution in [0.4, 0.5) is 0 Å². The molecule has 1 rings (SSSR count). The largest absolute Gasteiger partial charge is 0.309 e. The monoisotopic (exact) mass is 357 g/mol. The molecule has 0 fully saturated rings.